The SMILES string of the molecule is CCOC(=O)c1nn(-c2cc(C(F)(F)F)cc(C(F)(F)F)c2)c(-c2ccccc2)c1C(=O)OCC. The van der Waals surface area contributed by atoms with Gasteiger partial charge in [0.25, 0.3) is 0 Å². The van der Waals surface area contributed by atoms with Crippen LogP contribution < -0.4 is 0 Å². The van der Waals surface area contributed by atoms with Crippen LogP contribution in [0.2, 0.25) is 0 Å². The summed E-state index contributed by atoms with van der Waals surface area (Å²) in [6, 6.07) is 8.40. The molecular weight excluding hydrogens is 482 g/mol. The van der Waals surface area contributed by atoms with E-state index in [1.165, 1.54) is 38.1 Å². The number of alkyl halides is 6. The maximum Gasteiger partial charge on any atom is 0.416 e. The quantitative estimate of drug-likeness (QED) is 0.310. The molecule has 6 nitrogen and oxygen atoms in total. The highest BCUT2D eigenvalue weighted by atomic mass is 19.4. The van der Waals surface area contributed by atoms with Crippen LogP contribution in [0, 0.1) is 0 Å². The predicted octanol–water partition coefficient (Wildman–Crippen LogP) is 5.93. The minimum absolute atomic E-state index is 0.0340. The lowest BCUT2D eigenvalue weighted by molar-refractivity contribution is -0.143. The van der Waals surface area contributed by atoms with E-state index in [-0.39, 0.29) is 30.5 Å². The van der Waals surface area contributed by atoms with Crippen LogP contribution in [0.25, 0.3) is 16.9 Å². The summed E-state index contributed by atoms with van der Waals surface area (Å²) in [6.07, 6.45) is -10.2. The van der Waals surface area contributed by atoms with E-state index < -0.39 is 52.4 Å². The number of hydrogen-bond acceptors (Lipinski definition) is 5. The maximum absolute atomic E-state index is 13.5. The highest BCUT2D eigenvalue weighted by Gasteiger charge is 2.38. The first-order valence-electron chi connectivity index (χ1n) is 10.2. The smallest absolute Gasteiger partial charge is 0.416 e. The summed E-state index contributed by atoms with van der Waals surface area (Å²) in [4.78, 5) is 25.4. The van der Waals surface area contributed by atoms with Crippen LogP contribution in [0.3, 0.4) is 0 Å². The summed E-state index contributed by atoms with van der Waals surface area (Å²) < 4.78 is 91.4. The van der Waals surface area contributed by atoms with E-state index in [2.05, 4.69) is 5.10 Å². The van der Waals surface area contributed by atoms with Crippen LogP contribution in [-0.2, 0) is 21.8 Å². The van der Waals surface area contributed by atoms with Crippen molar-refractivity contribution in [3.63, 3.8) is 0 Å². The number of benzene rings is 2. The Balaban J connectivity index is 2.44. The summed E-state index contributed by atoms with van der Waals surface area (Å²) >= 11 is 0. The standard InChI is InChI=1S/C23H18F6N2O4/c1-3-34-20(32)17-18(21(33)35-4-2)30-31(19(17)13-8-6-5-7-9-13)16-11-14(22(24,25)26)10-15(12-16)23(27,28)29/h5-12H,3-4H2,1-2H3. The van der Waals surface area contributed by atoms with E-state index >= 15 is 0 Å². The van der Waals surface area contributed by atoms with E-state index in [4.69, 9.17) is 9.47 Å². The third-order valence-electron chi connectivity index (χ3n) is 4.70. The molecule has 0 aliphatic heterocycles. The van der Waals surface area contributed by atoms with Crippen molar-refractivity contribution in [3.05, 3.63) is 70.9 Å². The van der Waals surface area contributed by atoms with Gasteiger partial charge in [-0.25, -0.2) is 14.3 Å². The molecule has 0 unspecified atom stereocenters. The van der Waals surface area contributed by atoms with Crippen LogP contribution >= 0.6 is 0 Å². The third-order valence-corrected chi connectivity index (χ3v) is 4.70. The van der Waals surface area contributed by atoms with Crippen molar-refractivity contribution in [2.75, 3.05) is 13.2 Å². The van der Waals surface area contributed by atoms with Gasteiger partial charge in [-0.3, -0.25) is 0 Å². The number of carbonyl (C=O) groups excluding carboxylic acids is 2. The molecule has 1 heterocycles. The fourth-order valence-corrected chi connectivity index (χ4v) is 3.27. The molecule has 0 N–H and O–H groups in total. The molecule has 35 heavy (non-hydrogen) atoms. The number of ether oxygens (including phenoxy) is 2. The predicted molar refractivity (Wildman–Crippen MR) is 111 cm³/mol. The molecule has 0 atom stereocenters. The summed E-state index contributed by atoms with van der Waals surface area (Å²) in [5, 5.41) is 3.93. The Morgan fingerprint density at radius 1 is 0.829 bits per heavy atom. The topological polar surface area (TPSA) is 70.4 Å². The molecule has 1 aromatic heterocycles. The molecule has 0 spiro atoms. The molecule has 0 bridgehead atoms. The lowest BCUT2D eigenvalue weighted by Gasteiger charge is -2.16. The van der Waals surface area contributed by atoms with Crippen molar-refractivity contribution < 1.29 is 45.4 Å². The number of rotatable bonds is 6. The fourth-order valence-electron chi connectivity index (χ4n) is 3.27. The van der Waals surface area contributed by atoms with Gasteiger partial charge >= 0.3 is 24.3 Å². The summed E-state index contributed by atoms with van der Waals surface area (Å²) in [7, 11) is 0. The molecule has 0 saturated carbocycles. The summed E-state index contributed by atoms with van der Waals surface area (Å²) in [6.45, 7) is 2.70. The Hall–Kier alpha value is -3.83. The first-order valence-corrected chi connectivity index (χ1v) is 10.2. The third kappa shape index (κ3) is 5.47. The zero-order chi connectivity index (χ0) is 26.0. The van der Waals surface area contributed by atoms with Crippen molar-refractivity contribution in [2.24, 2.45) is 0 Å². The van der Waals surface area contributed by atoms with Gasteiger partial charge in [-0.2, -0.15) is 31.4 Å². The largest absolute Gasteiger partial charge is 0.462 e. The molecule has 2 aromatic carbocycles. The zero-order valence-electron chi connectivity index (χ0n) is 18.3. The van der Waals surface area contributed by atoms with Crippen LogP contribution in [0.1, 0.15) is 45.8 Å². The molecule has 3 rings (SSSR count). The minimum Gasteiger partial charge on any atom is -0.462 e. The first-order chi connectivity index (χ1) is 16.4. The van der Waals surface area contributed by atoms with Gasteiger partial charge in [-0.05, 0) is 32.0 Å². The maximum atomic E-state index is 13.5. The molecule has 0 aliphatic rings. The van der Waals surface area contributed by atoms with Crippen LogP contribution in [0.15, 0.2) is 48.5 Å². The van der Waals surface area contributed by atoms with Gasteiger partial charge in [-0.15, -0.1) is 0 Å². The van der Waals surface area contributed by atoms with Gasteiger partial charge in [-0.1, -0.05) is 30.3 Å². The van der Waals surface area contributed by atoms with Gasteiger partial charge in [0.1, 0.15) is 5.56 Å². The molecule has 0 radical (unpaired) electrons. The number of hydrogen-bond donors (Lipinski definition) is 0. The second-order valence-corrected chi connectivity index (χ2v) is 7.06. The second-order valence-electron chi connectivity index (χ2n) is 7.06. The van der Waals surface area contributed by atoms with Crippen molar-refractivity contribution in [1.29, 1.82) is 0 Å². The van der Waals surface area contributed by atoms with Crippen LogP contribution in [-0.4, -0.2) is 34.9 Å². The lowest BCUT2D eigenvalue weighted by atomic mass is 10.0. The van der Waals surface area contributed by atoms with E-state index in [1.54, 1.807) is 6.07 Å². The zero-order valence-corrected chi connectivity index (χ0v) is 18.3. The van der Waals surface area contributed by atoms with Gasteiger partial charge in [0, 0.05) is 5.56 Å². The number of aromatic nitrogens is 2. The lowest BCUT2D eigenvalue weighted by Crippen LogP contribution is -2.13. The second kappa shape index (κ2) is 9.80. The Morgan fingerprint density at radius 2 is 1.34 bits per heavy atom. The Morgan fingerprint density at radius 3 is 1.83 bits per heavy atom. The Kier molecular flexibility index (Phi) is 7.22. The van der Waals surface area contributed by atoms with Crippen molar-refractivity contribution >= 4 is 11.9 Å². The van der Waals surface area contributed by atoms with E-state index in [1.807, 2.05) is 0 Å². The average Bonchev–Trinajstić information content (AvgIpc) is 3.19. The van der Waals surface area contributed by atoms with Gasteiger partial charge in [0.05, 0.1) is 35.7 Å². The normalized spacial score (nSPS) is 11.9. The molecule has 0 fully saturated rings. The molecule has 0 aliphatic carbocycles. The number of nitrogens with zero attached hydrogens (tertiary/aromatic N) is 2. The number of carbonyl (C=O) groups is 2. The molecule has 0 saturated heterocycles. The van der Waals surface area contributed by atoms with Crippen molar-refractivity contribution in [2.45, 2.75) is 26.2 Å². The highest BCUT2D eigenvalue weighted by Crippen LogP contribution is 2.39. The molecule has 0 amide bonds. The van der Waals surface area contributed by atoms with E-state index in [0.29, 0.717) is 16.8 Å². The van der Waals surface area contributed by atoms with Gasteiger partial charge in [0.2, 0.25) is 0 Å². The van der Waals surface area contributed by atoms with Gasteiger partial charge in [0.15, 0.2) is 5.69 Å². The Bertz CT molecular complexity index is 1200. The van der Waals surface area contributed by atoms with Crippen LogP contribution in [0.4, 0.5) is 26.3 Å². The molecule has 12 heteroatoms. The highest BCUT2D eigenvalue weighted by molar-refractivity contribution is 6.06. The van der Waals surface area contributed by atoms with Crippen molar-refractivity contribution in [1.82, 2.24) is 9.78 Å². The fraction of sp³-hybridized carbons (Fsp3) is 0.261. The Labute approximate surface area is 195 Å². The average molecular weight is 500 g/mol. The van der Waals surface area contributed by atoms with E-state index in [0.717, 1.165) is 0 Å². The molecule has 3 aromatic rings. The van der Waals surface area contributed by atoms with Crippen molar-refractivity contribution in [3.8, 4) is 16.9 Å². The molecule has 186 valence electrons. The van der Waals surface area contributed by atoms with E-state index in [9.17, 15) is 35.9 Å². The van der Waals surface area contributed by atoms with Gasteiger partial charge < -0.3 is 9.47 Å². The summed E-state index contributed by atoms with van der Waals surface area (Å²) in [5.74, 6) is -2.15. The minimum atomic E-state index is -5.12. The monoisotopic (exact) mass is 500 g/mol. The number of esters is 2. The molecular formula is C23H18F6N2O4. The number of halogens is 6. The summed E-state index contributed by atoms with van der Waals surface area (Å²) in [5.41, 5.74) is -4.98. The first kappa shape index (κ1) is 25.8. The van der Waals surface area contributed by atoms with Crippen LogP contribution in [0.5, 0.6) is 0 Å².